The van der Waals surface area contributed by atoms with Crippen LogP contribution in [-0.4, -0.2) is 15.0 Å². The maximum Gasteiger partial charge on any atom is 0.164 e. The minimum atomic E-state index is 0.608. The molecule has 0 saturated carbocycles. The molecule has 7 aromatic carbocycles. The van der Waals surface area contributed by atoms with Gasteiger partial charge in [0, 0.05) is 33.0 Å². The number of hydrogen-bond acceptors (Lipinski definition) is 4. The molecule has 0 N–H and O–H groups in total. The molecule has 0 radical (unpaired) electrons. The van der Waals surface area contributed by atoms with Crippen molar-refractivity contribution in [3.8, 4) is 67.5 Å². The molecule has 9 aromatic rings. The maximum absolute atomic E-state index is 6.73. The van der Waals surface area contributed by atoms with Gasteiger partial charge in [-0.15, -0.1) is 0 Å². The summed E-state index contributed by atoms with van der Waals surface area (Å²) < 4.78 is 6.73. The summed E-state index contributed by atoms with van der Waals surface area (Å²) in [6.07, 6.45) is 0. The number of hydrogen-bond donors (Lipinski definition) is 0. The lowest BCUT2D eigenvalue weighted by molar-refractivity contribution is 0.670. The lowest BCUT2D eigenvalue weighted by Gasteiger charge is -2.12. The average molecular weight is 600 g/mol. The molecule has 47 heavy (non-hydrogen) atoms. The Morgan fingerprint density at radius 3 is 1.70 bits per heavy atom. The van der Waals surface area contributed by atoms with Crippen LogP contribution in [0.5, 0.6) is 0 Å². The molecule has 10 rings (SSSR count). The van der Waals surface area contributed by atoms with E-state index in [4.69, 9.17) is 19.4 Å². The van der Waals surface area contributed by atoms with Crippen LogP contribution in [0.15, 0.2) is 156 Å². The third-order valence-electron chi connectivity index (χ3n) is 9.26. The first-order valence-electron chi connectivity index (χ1n) is 15.8. The van der Waals surface area contributed by atoms with E-state index in [1.54, 1.807) is 0 Å². The van der Waals surface area contributed by atoms with Crippen molar-refractivity contribution < 1.29 is 4.42 Å². The van der Waals surface area contributed by atoms with Gasteiger partial charge in [-0.05, 0) is 68.9 Å². The van der Waals surface area contributed by atoms with Crippen LogP contribution >= 0.6 is 0 Å². The van der Waals surface area contributed by atoms with Gasteiger partial charge in [-0.25, -0.2) is 15.0 Å². The molecule has 0 saturated heterocycles. The van der Waals surface area contributed by atoms with Crippen molar-refractivity contribution in [3.63, 3.8) is 0 Å². The van der Waals surface area contributed by atoms with E-state index in [0.717, 1.165) is 49.8 Å². The Kier molecular flexibility index (Phi) is 5.54. The normalized spacial score (nSPS) is 11.8. The van der Waals surface area contributed by atoms with E-state index in [-0.39, 0.29) is 0 Å². The molecule has 1 aliphatic rings. The topological polar surface area (TPSA) is 51.8 Å². The summed E-state index contributed by atoms with van der Waals surface area (Å²) in [6.45, 7) is 0. The molecule has 1 aliphatic carbocycles. The second-order valence-corrected chi connectivity index (χ2v) is 12.0. The summed E-state index contributed by atoms with van der Waals surface area (Å²) in [6, 6.07) is 52.6. The number of fused-ring (bicyclic) bond motifs is 6. The number of para-hydroxylation sites is 1. The van der Waals surface area contributed by atoms with Crippen LogP contribution < -0.4 is 0 Å². The van der Waals surface area contributed by atoms with E-state index < -0.39 is 0 Å². The highest BCUT2D eigenvalue weighted by Gasteiger charge is 2.24. The molecule has 2 aromatic heterocycles. The van der Waals surface area contributed by atoms with Gasteiger partial charge in [0.2, 0.25) is 0 Å². The summed E-state index contributed by atoms with van der Waals surface area (Å²) in [5.41, 5.74) is 11.7. The molecule has 0 spiro atoms. The molecule has 0 unspecified atom stereocenters. The molecule has 4 nitrogen and oxygen atoms in total. The first kappa shape index (κ1) is 25.9. The number of aromatic nitrogens is 3. The van der Waals surface area contributed by atoms with Gasteiger partial charge < -0.3 is 4.42 Å². The summed E-state index contributed by atoms with van der Waals surface area (Å²) >= 11 is 0. The lowest BCUT2D eigenvalue weighted by Crippen LogP contribution is -2.00. The second-order valence-electron chi connectivity index (χ2n) is 12.0. The predicted octanol–water partition coefficient (Wildman–Crippen LogP) is 11.2. The average Bonchev–Trinajstić information content (AvgIpc) is 3.69. The zero-order chi connectivity index (χ0) is 30.9. The minimum Gasteiger partial charge on any atom is -0.455 e. The van der Waals surface area contributed by atoms with E-state index in [9.17, 15) is 0 Å². The Morgan fingerprint density at radius 2 is 0.957 bits per heavy atom. The van der Waals surface area contributed by atoms with Crippen LogP contribution in [-0.2, 0) is 0 Å². The van der Waals surface area contributed by atoms with Crippen LogP contribution in [0, 0.1) is 0 Å². The van der Waals surface area contributed by atoms with Crippen molar-refractivity contribution >= 4 is 32.7 Å². The van der Waals surface area contributed by atoms with Crippen molar-refractivity contribution in [1.82, 2.24) is 15.0 Å². The quantitative estimate of drug-likeness (QED) is 0.202. The van der Waals surface area contributed by atoms with Crippen LogP contribution in [0.4, 0.5) is 0 Å². The SMILES string of the molecule is c1ccc(-c2nc(-c3ccccc3)nc(-c3ccc(-c4cc5c6c(cccc6c4)-c4ccccc4-5)c4oc5ccccc5c34)n2)cc1. The Labute approximate surface area is 270 Å². The molecule has 0 aliphatic heterocycles. The van der Waals surface area contributed by atoms with Crippen LogP contribution in [0.1, 0.15) is 0 Å². The third kappa shape index (κ3) is 3.98. The summed E-state index contributed by atoms with van der Waals surface area (Å²) in [4.78, 5) is 15.1. The van der Waals surface area contributed by atoms with Crippen molar-refractivity contribution in [2.45, 2.75) is 0 Å². The molecule has 4 heteroatoms. The lowest BCUT2D eigenvalue weighted by atomic mass is 9.93. The van der Waals surface area contributed by atoms with Crippen LogP contribution in [0.3, 0.4) is 0 Å². The molecular formula is C43H25N3O. The van der Waals surface area contributed by atoms with Gasteiger partial charge in [0.1, 0.15) is 11.2 Å². The molecule has 2 heterocycles. The van der Waals surface area contributed by atoms with Crippen molar-refractivity contribution in [3.05, 3.63) is 152 Å². The predicted molar refractivity (Wildman–Crippen MR) is 191 cm³/mol. The molecule has 0 amide bonds. The summed E-state index contributed by atoms with van der Waals surface area (Å²) in [5, 5.41) is 4.55. The second kappa shape index (κ2) is 10.1. The van der Waals surface area contributed by atoms with Crippen molar-refractivity contribution in [1.29, 1.82) is 0 Å². The van der Waals surface area contributed by atoms with Crippen LogP contribution in [0.2, 0.25) is 0 Å². The highest BCUT2D eigenvalue weighted by atomic mass is 16.3. The highest BCUT2D eigenvalue weighted by molar-refractivity contribution is 6.19. The van der Waals surface area contributed by atoms with Gasteiger partial charge in [-0.3, -0.25) is 0 Å². The van der Waals surface area contributed by atoms with E-state index in [0.29, 0.717) is 17.5 Å². The number of rotatable bonds is 4. The van der Waals surface area contributed by atoms with Gasteiger partial charge in [0.25, 0.3) is 0 Å². The Hall–Kier alpha value is -6.39. The van der Waals surface area contributed by atoms with E-state index in [1.807, 2.05) is 72.8 Å². The van der Waals surface area contributed by atoms with Gasteiger partial charge >= 0.3 is 0 Å². The first-order valence-corrected chi connectivity index (χ1v) is 15.8. The number of nitrogens with zero attached hydrogens (tertiary/aromatic N) is 3. The molecule has 0 atom stereocenters. The van der Waals surface area contributed by atoms with Gasteiger partial charge in [-0.2, -0.15) is 0 Å². The van der Waals surface area contributed by atoms with E-state index >= 15 is 0 Å². The summed E-state index contributed by atoms with van der Waals surface area (Å²) in [7, 11) is 0. The summed E-state index contributed by atoms with van der Waals surface area (Å²) in [5.74, 6) is 1.87. The standard InChI is InChI=1S/C43H25N3O/c1-3-12-26(13-4-1)41-44-42(27-14-5-2-6-15-27)46-43(45-41)35-23-22-30(40-39(35)34-19-9-10-21-37(34)47-40)29-24-28-16-11-20-33-31-17-7-8-18-32(31)36(25-29)38(28)33/h1-25H. The molecule has 0 fully saturated rings. The molecule has 0 bridgehead atoms. The minimum absolute atomic E-state index is 0.608. The Morgan fingerprint density at radius 1 is 0.362 bits per heavy atom. The highest BCUT2D eigenvalue weighted by Crippen LogP contribution is 2.50. The van der Waals surface area contributed by atoms with Crippen molar-refractivity contribution in [2.24, 2.45) is 0 Å². The maximum atomic E-state index is 6.73. The van der Waals surface area contributed by atoms with Crippen molar-refractivity contribution in [2.75, 3.05) is 0 Å². The van der Waals surface area contributed by atoms with Crippen LogP contribution in [0.25, 0.3) is 100 Å². The smallest absolute Gasteiger partial charge is 0.164 e. The first-order chi connectivity index (χ1) is 23.3. The fourth-order valence-electron chi connectivity index (χ4n) is 7.14. The number of furan rings is 1. The number of benzene rings is 7. The monoisotopic (exact) mass is 599 g/mol. The molecular weight excluding hydrogens is 574 g/mol. The zero-order valence-electron chi connectivity index (χ0n) is 25.2. The van der Waals surface area contributed by atoms with E-state index in [2.05, 4.69) is 78.9 Å². The Bertz CT molecular complexity index is 2620. The zero-order valence-corrected chi connectivity index (χ0v) is 25.2. The van der Waals surface area contributed by atoms with Gasteiger partial charge in [0.05, 0.1) is 0 Å². The largest absolute Gasteiger partial charge is 0.455 e. The molecule has 218 valence electrons. The third-order valence-corrected chi connectivity index (χ3v) is 9.26. The fraction of sp³-hybridized carbons (Fsp3) is 0. The fourth-order valence-corrected chi connectivity index (χ4v) is 7.14. The van der Waals surface area contributed by atoms with E-state index in [1.165, 1.54) is 33.0 Å². The van der Waals surface area contributed by atoms with Gasteiger partial charge in [0.15, 0.2) is 17.5 Å². The Balaban J connectivity index is 1.24. The van der Waals surface area contributed by atoms with Gasteiger partial charge in [-0.1, -0.05) is 121 Å².